The minimum atomic E-state index is -1.19. The predicted molar refractivity (Wildman–Crippen MR) is 136 cm³/mol. The molecule has 0 saturated carbocycles. The number of aromatic hydroxyl groups is 1. The van der Waals surface area contributed by atoms with Crippen molar-refractivity contribution >= 4 is 17.0 Å². The van der Waals surface area contributed by atoms with Crippen LogP contribution in [0.3, 0.4) is 0 Å². The van der Waals surface area contributed by atoms with Crippen molar-refractivity contribution in [1.29, 1.82) is 0 Å². The zero-order valence-corrected chi connectivity index (χ0v) is 21.0. The van der Waals surface area contributed by atoms with Gasteiger partial charge in [-0.2, -0.15) is 0 Å². The molecule has 4 aromatic rings. The Bertz CT molecular complexity index is 1410. The summed E-state index contributed by atoms with van der Waals surface area (Å²) in [4.78, 5) is 16.1. The zero-order valence-electron chi connectivity index (χ0n) is 21.0. The molecule has 0 aliphatic heterocycles. The van der Waals surface area contributed by atoms with Crippen molar-refractivity contribution < 1.29 is 29.2 Å². The number of methoxy groups -OCH3 is 1. The highest BCUT2D eigenvalue weighted by molar-refractivity contribution is 5.78. The molecule has 0 saturated heterocycles. The number of hydrogen-bond acceptors (Lipinski definition) is 7. The molecule has 0 radical (unpaired) electrons. The van der Waals surface area contributed by atoms with E-state index in [1.54, 1.807) is 24.3 Å². The van der Waals surface area contributed by atoms with Crippen LogP contribution in [-0.4, -0.2) is 38.9 Å². The molecule has 2 N–H and O–H groups in total. The molecule has 0 spiro atoms. The molecule has 0 fully saturated rings. The summed E-state index contributed by atoms with van der Waals surface area (Å²) in [6.07, 6.45) is -1.02. The average Bonchev–Trinajstić information content (AvgIpc) is 3.19. The van der Waals surface area contributed by atoms with Crippen LogP contribution in [0.4, 0.5) is 0 Å². The van der Waals surface area contributed by atoms with Gasteiger partial charge in [-0.25, -0.2) is 9.78 Å². The van der Waals surface area contributed by atoms with E-state index in [9.17, 15) is 15.0 Å². The van der Waals surface area contributed by atoms with Crippen LogP contribution in [0, 0.1) is 20.8 Å². The number of fused-ring (bicyclic) bond motifs is 1. The Morgan fingerprint density at radius 3 is 2.42 bits per heavy atom. The number of aliphatic hydroxyl groups excluding tert-OH is 1. The number of carbonyl (C=O) groups is 1. The smallest absolute Gasteiger partial charge is 0.335 e. The van der Waals surface area contributed by atoms with Crippen LogP contribution < -0.4 is 9.47 Å². The van der Waals surface area contributed by atoms with Crippen LogP contribution in [0.2, 0.25) is 0 Å². The van der Waals surface area contributed by atoms with Gasteiger partial charge in [-0.15, -0.1) is 0 Å². The fourth-order valence-corrected chi connectivity index (χ4v) is 3.99. The summed E-state index contributed by atoms with van der Waals surface area (Å²) < 4.78 is 18.6. The lowest BCUT2D eigenvalue weighted by molar-refractivity contribution is -0.150. The normalized spacial score (nSPS) is 11.9. The lowest BCUT2D eigenvalue weighted by Crippen LogP contribution is -2.24. The highest BCUT2D eigenvalue weighted by Gasteiger charge is 2.16. The Morgan fingerprint density at radius 1 is 1.03 bits per heavy atom. The third kappa shape index (κ3) is 5.13. The Labute approximate surface area is 209 Å². The minimum absolute atomic E-state index is 0.172. The molecule has 0 amide bonds. The van der Waals surface area contributed by atoms with Crippen molar-refractivity contribution in [2.75, 3.05) is 7.11 Å². The van der Waals surface area contributed by atoms with Crippen LogP contribution >= 0.6 is 0 Å². The lowest BCUT2D eigenvalue weighted by atomic mass is 10.0. The quantitative estimate of drug-likeness (QED) is 0.347. The Balaban J connectivity index is 1.46. The minimum Gasteiger partial charge on any atom is -0.507 e. The molecule has 3 aromatic carbocycles. The van der Waals surface area contributed by atoms with E-state index < -0.39 is 12.1 Å². The van der Waals surface area contributed by atoms with Gasteiger partial charge in [0, 0.05) is 19.5 Å². The SMILES string of the molecule is COC(=O)C(O)Cc1ccc(OCc2nc3ccc(Oc4cc(C)c(O)c(C)c4C)cc3n2C)cc1. The molecule has 0 aliphatic carbocycles. The zero-order chi connectivity index (χ0) is 26.0. The van der Waals surface area contributed by atoms with Gasteiger partial charge in [0.05, 0.1) is 18.1 Å². The number of hydrogen-bond donors (Lipinski definition) is 2. The van der Waals surface area contributed by atoms with Gasteiger partial charge < -0.3 is 29.0 Å². The standard InChI is InChI=1S/C28H30N2O6/c1-16-12-25(17(2)18(3)27(16)32)36-21-10-11-22-23(14-21)30(4)26(29-22)15-35-20-8-6-19(7-9-20)13-24(31)28(33)34-5/h6-12,14,24,31-32H,13,15H2,1-5H3. The fraction of sp³-hybridized carbons (Fsp3) is 0.286. The van der Waals surface area contributed by atoms with E-state index in [-0.39, 0.29) is 13.0 Å². The van der Waals surface area contributed by atoms with Crippen molar-refractivity contribution in [3.05, 3.63) is 76.6 Å². The molecule has 4 rings (SSSR count). The Hall–Kier alpha value is -4.04. The van der Waals surface area contributed by atoms with Crippen molar-refractivity contribution in [2.24, 2.45) is 7.05 Å². The summed E-state index contributed by atoms with van der Waals surface area (Å²) in [7, 11) is 3.17. The molecule has 188 valence electrons. The Kier molecular flexibility index (Phi) is 7.17. The first-order valence-corrected chi connectivity index (χ1v) is 11.6. The van der Waals surface area contributed by atoms with Crippen molar-refractivity contribution in [3.63, 3.8) is 0 Å². The number of phenols is 1. The van der Waals surface area contributed by atoms with Crippen LogP contribution in [0.25, 0.3) is 11.0 Å². The second-order valence-corrected chi connectivity index (χ2v) is 8.81. The molecule has 1 aromatic heterocycles. The number of aryl methyl sites for hydroxylation is 2. The van der Waals surface area contributed by atoms with E-state index >= 15 is 0 Å². The summed E-state index contributed by atoms with van der Waals surface area (Å²) in [5.74, 6) is 2.41. The van der Waals surface area contributed by atoms with E-state index in [0.717, 1.165) is 39.1 Å². The second-order valence-electron chi connectivity index (χ2n) is 8.81. The van der Waals surface area contributed by atoms with Crippen molar-refractivity contribution in [1.82, 2.24) is 9.55 Å². The summed E-state index contributed by atoms with van der Waals surface area (Å²) >= 11 is 0. The molecule has 0 aliphatic rings. The van der Waals surface area contributed by atoms with Crippen LogP contribution in [0.5, 0.6) is 23.0 Å². The maximum absolute atomic E-state index is 11.4. The number of imidazole rings is 1. The summed E-state index contributed by atoms with van der Waals surface area (Å²) in [5.41, 5.74) is 4.99. The monoisotopic (exact) mass is 490 g/mol. The molecular weight excluding hydrogens is 460 g/mol. The molecule has 1 heterocycles. The van der Waals surface area contributed by atoms with E-state index in [4.69, 9.17) is 9.47 Å². The average molecular weight is 491 g/mol. The second kappa shape index (κ2) is 10.3. The molecule has 8 heteroatoms. The van der Waals surface area contributed by atoms with Gasteiger partial charge >= 0.3 is 5.97 Å². The highest BCUT2D eigenvalue weighted by atomic mass is 16.5. The molecule has 36 heavy (non-hydrogen) atoms. The van der Waals surface area contributed by atoms with Crippen molar-refractivity contribution in [2.45, 2.75) is 39.9 Å². The van der Waals surface area contributed by atoms with Gasteiger partial charge in [0.15, 0.2) is 6.10 Å². The van der Waals surface area contributed by atoms with E-state index in [1.807, 2.05) is 56.7 Å². The van der Waals surface area contributed by atoms with Gasteiger partial charge in [-0.05, 0) is 73.4 Å². The van der Waals surface area contributed by atoms with Gasteiger partial charge in [0.2, 0.25) is 0 Å². The maximum Gasteiger partial charge on any atom is 0.335 e. The third-order valence-corrected chi connectivity index (χ3v) is 6.37. The lowest BCUT2D eigenvalue weighted by Gasteiger charge is -2.14. The molecular formula is C28H30N2O6. The van der Waals surface area contributed by atoms with Gasteiger partial charge in [0.25, 0.3) is 0 Å². The topological polar surface area (TPSA) is 103 Å². The molecule has 1 unspecified atom stereocenters. The van der Waals surface area contributed by atoms with Gasteiger partial charge in [-0.3, -0.25) is 0 Å². The summed E-state index contributed by atoms with van der Waals surface area (Å²) in [5, 5.41) is 20.0. The number of nitrogens with zero attached hydrogens (tertiary/aromatic N) is 2. The number of aliphatic hydroxyl groups is 1. The number of phenolic OH excluding ortho intramolecular Hbond substituents is 1. The van der Waals surface area contributed by atoms with E-state index in [0.29, 0.717) is 23.0 Å². The largest absolute Gasteiger partial charge is 0.507 e. The van der Waals surface area contributed by atoms with Crippen LogP contribution in [0.15, 0.2) is 48.5 Å². The number of rotatable bonds is 8. The van der Waals surface area contributed by atoms with E-state index in [1.165, 1.54) is 7.11 Å². The summed E-state index contributed by atoms with van der Waals surface area (Å²) in [6.45, 7) is 5.92. The van der Waals surface area contributed by atoms with Gasteiger partial charge in [-0.1, -0.05) is 12.1 Å². The first-order valence-electron chi connectivity index (χ1n) is 11.6. The van der Waals surface area contributed by atoms with Crippen LogP contribution in [0.1, 0.15) is 28.1 Å². The number of ether oxygens (including phenoxy) is 3. The highest BCUT2D eigenvalue weighted by Crippen LogP contribution is 2.35. The molecule has 8 nitrogen and oxygen atoms in total. The maximum atomic E-state index is 11.4. The van der Waals surface area contributed by atoms with Crippen molar-refractivity contribution in [3.8, 4) is 23.0 Å². The fourth-order valence-electron chi connectivity index (χ4n) is 3.99. The van der Waals surface area contributed by atoms with E-state index in [2.05, 4.69) is 9.72 Å². The first-order chi connectivity index (χ1) is 17.2. The van der Waals surface area contributed by atoms with Crippen LogP contribution in [-0.2, 0) is 29.6 Å². The molecule has 1 atom stereocenters. The first kappa shape index (κ1) is 25.1. The number of aromatic nitrogens is 2. The van der Waals surface area contributed by atoms with Gasteiger partial charge in [0.1, 0.15) is 35.4 Å². The predicted octanol–water partition coefficient (Wildman–Crippen LogP) is 4.65. The number of esters is 1. The Morgan fingerprint density at radius 2 is 1.72 bits per heavy atom. The third-order valence-electron chi connectivity index (χ3n) is 6.37. The number of benzene rings is 3. The molecule has 0 bridgehead atoms. The summed E-state index contributed by atoms with van der Waals surface area (Å²) in [6, 6.07) is 14.7. The number of carbonyl (C=O) groups excluding carboxylic acids is 1.